The van der Waals surface area contributed by atoms with Gasteiger partial charge < -0.3 is 15.4 Å². The van der Waals surface area contributed by atoms with Crippen molar-refractivity contribution >= 4 is 40.6 Å². The number of thiazole rings is 1. The molecule has 2 N–H and O–H groups in total. The van der Waals surface area contributed by atoms with Crippen LogP contribution >= 0.6 is 11.3 Å². The highest BCUT2D eigenvalue weighted by atomic mass is 32.1. The Bertz CT molecular complexity index is 1030. The second-order valence-corrected chi connectivity index (χ2v) is 6.31. The summed E-state index contributed by atoms with van der Waals surface area (Å²) in [6.07, 6.45) is 3.22. The molecule has 0 bridgehead atoms. The van der Waals surface area contributed by atoms with E-state index < -0.39 is 5.97 Å². The average Bonchev–Trinajstić information content (AvgIpc) is 2.97. The van der Waals surface area contributed by atoms with Gasteiger partial charge in [-0.25, -0.2) is 9.78 Å². The molecule has 0 saturated heterocycles. The van der Waals surface area contributed by atoms with E-state index in [4.69, 9.17) is 4.74 Å². The number of nitrogens with one attached hydrogen (secondary N) is 2. The van der Waals surface area contributed by atoms with Gasteiger partial charge in [0.15, 0.2) is 5.57 Å². The SMILES string of the molecule is CCNc1cc(NC=c2sc(=C(C#N)C(=O)OCC)n(CC)c2=O)ccn1. The molecule has 27 heavy (non-hydrogen) atoms. The molecular weight excluding hydrogens is 366 g/mol. The maximum absolute atomic E-state index is 12.6. The lowest BCUT2D eigenvalue weighted by Crippen LogP contribution is -2.32. The first-order valence-electron chi connectivity index (χ1n) is 8.53. The first-order valence-corrected chi connectivity index (χ1v) is 9.35. The van der Waals surface area contributed by atoms with Crippen LogP contribution in [0.2, 0.25) is 0 Å². The molecular formula is C18H21N5O3S. The zero-order valence-electron chi connectivity index (χ0n) is 15.4. The number of pyridine rings is 1. The topological polar surface area (TPSA) is 109 Å². The number of aromatic nitrogens is 2. The van der Waals surface area contributed by atoms with Crippen LogP contribution in [0.15, 0.2) is 23.1 Å². The molecule has 0 amide bonds. The maximum atomic E-state index is 12.6. The van der Waals surface area contributed by atoms with Crippen molar-refractivity contribution in [1.82, 2.24) is 9.55 Å². The van der Waals surface area contributed by atoms with Crippen LogP contribution in [0.25, 0.3) is 11.8 Å². The number of esters is 1. The summed E-state index contributed by atoms with van der Waals surface area (Å²) in [6, 6.07) is 5.45. The van der Waals surface area contributed by atoms with E-state index in [1.54, 1.807) is 32.3 Å². The summed E-state index contributed by atoms with van der Waals surface area (Å²) in [7, 11) is 0. The molecule has 2 aromatic rings. The highest BCUT2D eigenvalue weighted by Crippen LogP contribution is 2.11. The van der Waals surface area contributed by atoms with E-state index in [2.05, 4.69) is 15.6 Å². The molecule has 2 heterocycles. The van der Waals surface area contributed by atoms with Crippen LogP contribution in [0, 0.1) is 11.3 Å². The van der Waals surface area contributed by atoms with E-state index in [1.165, 1.54) is 4.57 Å². The van der Waals surface area contributed by atoms with E-state index >= 15 is 0 Å². The third-order valence-corrected chi connectivity index (χ3v) is 4.65. The summed E-state index contributed by atoms with van der Waals surface area (Å²) in [5, 5.41) is 15.5. The van der Waals surface area contributed by atoms with Gasteiger partial charge in [0.1, 0.15) is 21.1 Å². The molecule has 0 atom stereocenters. The number of ether oxygens (including phenoxy) is 1. The summed E-state index contributed by atoms with van der Waals surface area (Å²) in [4.78, 5) is 28.8. The van der Waals surface area contributed by atoms with Crippen LogP contribution in [-0.2, 0) is 16.1 Å². The quantitative estimate of drug-likeness (QED) is 0.678. The highest BCUT2D eigenvalue weighted by Gasteiger charge is 2.16. The molecule has 0 aromatic carbocycles. The van der Waals surface area contributed by atoms with Gasteiger partial charge in [-0.2, -0.15) is 5.26 Å². The van der Waals surface area contributed by atoms with Crippen LogP contribution < -0.4 is 25.4 Å². The first-order chi connectivity index (χ1) is 13.0. The largest absolute Gasteiger partial charge is 0.462 e. The zero-order valence-corrected chi connectivity index (χ0v) is 16.2. The second kappa shape index (κ2) is 9.54. The van der Waals surface area contributed by atoms with Crippen molar-refractivity contribution in [1.29, 1.82) is 5.26 Å². The molecule has 0 saturated carbocycles. The normalized spacial score (nSPS) is 12.3. The Kier molecular flexibility index (Phi) is 7.14. The number of nitrogens with zero attached hydrogens (tertiary/aromatic N) is 3. The number of anilines is 2. The number of carbonyl (C=O) groups is 1. The number of hydrogen-bond donors (Lipinski definition) is 2. The summed E-state index contributed by atoms with van der Waals surface area (Å²) in [5.41, 5.74) is 0.315. The molecule has 8 nitrogen and oxygen atoms in total. The van der Waals surface area contributed by atoms with Gasteiger partial charge in [0, 0.05) is 37.2 Å². The fraction of sp³-hybridized carbons (Fsp3) is 0.333. The minimum Gasteiger partial charge on any atom is -0.462 e. The predicted molar refractivity (Wildman–Crippen MR) is 106 cm³/mol. The summed E-state index contributed by atoms with van der Waals surface area (Å²) < 4.78 is 6.98. The Morgan fingerprint density at radius 2 is 2.22 bits per heavy atom. The van der Waals surface area contributed by atoms with E-state index in [0.717, 1.165) is 29.4 Å². The van der Waals surface area contributed by atoms with Crippen molar-refractivity contribution in [2.45, 2.75) is 27.3 Å². The Balaban J connectivity index is 2.51. The van der Waals surface area contributed by atoms with Gasteiger partial charge >= 0.3 is 5.97 Å². The predicted octanol–water partition coefficient (Wildman–Crippen LogP) is 0.844. The van der Waals surface area contributed by atoms with Gasteiger partial charge in [-0.15, -0.1) is 11.3 Å². The van der Waals surface area contributed by atoms with Crippen LogP contribution in [0.1, 0.15) is 20.8 Å². The molecule has 0 fully saturated rings. The van der Waals surface area contributed by atoms with Crippen molar-refractivity contribution in [3.8, 4) is 6.07 Å². The van der Waals surface area contributed by atoms with Crippen molar-refractivity contribution in [3.05, 3.63) is 37.9 Å². The fourth-order valence-corrected chi connectivity index (χ4v) is 3.40. The van der Waals surface area contributed by atoms with E-state index in [0.29, 0.717) is 15.7 Å². The van der Waals surface area contributed by atoms with E-state index in [-0.39, 0.29) is 17.7 Å². The highest BCUT2D eigenvalue weighted by molar-refractivity contribution is 7.07. The molecule has 0 aliphatic rings. The van der Waals surface area contributed by atoms with Gasteiger partial charge in [0.25, 0.3) is 5.56 Å². The van der Waals surface area contributed by atoms with Gasteiger partial charge in [0.05, 0.1) is 6.61 Å². The smallest absolute Gasteiger partial charge is 0.351 e. The fourth-order valence-electron chi connectivity index (χ4n) is 2.32. The van der Waals surface area contributed by atoms with Gasteiger partial charge in [0.2, 0.25) is 0 Å². The molecule has 0 spiro atoms. The van der Waals surface area contributed by atoms with Crippen molar-refractivity contribution in [2.75, 3.05) is 23.8 Å². The Labute approximate surface area is 160 Å². The van der Waals surface area contributed by atoms with Crippen molar-refractivity contribution in [2.24, 2.45) is 0 Å². The minimum atomic E-state index is -0.729. The van der Waals surface area contributed by atoms with Gasteiger partial charge in [-0.3, -0.25) is 9.36 Å². The van der Waals surface area contributed by atoms with Gasteiger partial charge in [-0.05, 0) is 26.8 Å². The number of carbonyl (C=O) groups excluding carboxylic acids is 1. The molecule has 2 aromatic heterocycles. The number of nitriles is 1. The molecule has 2 rings (SSSR count). The third kappa shape index (κ3) is 4.74. The van der Waals surface area contributed by atoms with Crippen LogP contribution in [0.5, 0.6) is 0 Å². The lowest BCUT2D eigenvalue weighted by Gasteiger charge is -2.04. The number of rotatable bonds is 7. The summed E-state index contributed by atoms with van der Waals surface area (Å²) in [6.45, 7) is 6.65. The van der Waals surface area contributed by atoms with Crippen LogP contribution in [-0.4, -0.2) is 28.7 Å². The molecule has 0 unspecified atom stereocenters. The molecule has 0 aliphatic heterocycles. The van der Waals surface area contributed by atoms with Crippen LogP contribution in [0.4, 0.5) is 11.5 Å². The molecule has 0 aliphatic carbocycles. The summed E-state index contributed by atoms with van der Waals surface area (Å²) in [5.74, 6) is -0.0106. The Morgan fingerprint density at radius 1 is 1.44 bits per heavy atom. The Hall–Kier alpha value is -3.12. The van der Waals surface area contributed by atoms with E-state index in [9.17, 15) is 14.9 Å². The second-order valence-electron chi connectivity index (χ2n) is 5.28. The van der Waals surface area contributed by atoms with E-state index in [1.807, 2.05) is 19.1 Å². The lowest BCUT2D eigenvalue weighted by molar-refractivity contribution is -0.136. The molecule has 9 heteroatoms. The standard InChI is InChI=1S/C18H21N5O3S/c1-4-20-15-9-12(7-8-21-15)22-11-14-16(24)23(5-2)17(27-14)13(10-19)18(25)26-6-3/h7-9,11H,4-6H2,1-3H3,(H2,20,21,22). The van der Waals surface area contributed by atoms with Crippen molar-refractivity contribution in [3.63, 3.8) is 0 Å². The Morgan fingerprint density at radius 3 is 2.85 bits per heavy atom. The van der Waals surface area contributed by atoms with Crippen LogP contribution in [0.3, 0.4) is 0 Å². The lowest BCUT2D eigenvalue weighted by atomic mass is 10.3. The zero-order chi connectivity index (χ0) is 19.8. The minimum absolute atomic E-state index is 0.155. The third-order valence-electron chi connectivity index (χ3n) is 3.52. The monoisotopic (exact) mass is 387 g/mol. The summed E-state index contributed by atoms with van der Waals surface area (Å²) >= 11 is 1.07. The maximum Gasteiger partial charge on any atom is 0.351 e. The van der Waals surface area contributed by atoms with Gasteiger partial charge in [-0.1, -0.05) is 0 Å². The molecule has 142 valence electrons. The molecule has 0 radical (unpaired) electrons. The number of hydrogen-bond acceptors (Lipinski definition) is 8. The average molecular weight is 387 g/mol. The van der Waals surface area contributed by atoms with Crippen molar-refractivity contribution < 1.29 is 9.53 Å². The first kappa shape index (κ1) is 20.2.